The van der Waals surface area contributed by atoms with Gasteiger partial charge in [-0.15, -0.1) is 0 Å². The van der Waals surface area contributed by atoms with Crippen molar-refractivity contribution in [2.75, 3.05) is 18.0 Å². The van der Waals surface area contributed by atoms with Crippen LogP contribution < -0.4 is 21.0 Å². The highest BCUT2D eigenvalue weighted by Gasteiger charge is 2.06. The van der Waals surface area contributed by atoms with Gasteiger partial charge in [-0.2, -0.15) is 4.68 Å². The summed E-state index contributed by atoms with van der Waals surface area (Å²) in [5.74, 6) is 0.300. The third-order valence-corrected chi connectivity index (χ3v) is 4.09. The monoisotopic (exact) mass is 335 g/mol. The van der Waals surface area contributed by atoms with Crippen LogP contribution in [0.4, 0.5) is 5.69 Å². The molecule has 6 nitrogen and oxygen atoms in total. The van der Waals surface area contributed by atoms with Crippen molar-refractivity contribution in [3.63, 3.8) is 0 Å². The first-order valence-electron chi connectivity index (χ1n) is 8.28. The van der Waals surface area contributed by atoms with E-state index in [-0.39, 0.29) is 5.56 Å². The van der Waals surface area contributed by atoms with Gasteiger partial charge in [0.2, 0.25) is 0 Å². The van der Waals surface area contributed by atoms with E-state index in [1.165, 1.54) is 10.4 Å². The third kappa shape index (κ3) is 3.38. The molecule has 0 aliphatic rings. The molecule has 0 bridgehead atoms. The molecular weight excluding hydrogens is 314 g/mol. The van der Waals surface area contributed by atoms with Gasteiger partial charge in [-0.05, 0) is 43.7 Å². The molecule has 3 rings (SSSR count). The molecule has 0 spiro atoms. The second kappa shape index (κ2) is 7.17. The Morgan fingerprint density at radius 2 is 1.80 bits per heavy atom. The zero-order chi connectivity index (χ0) is 17.8. The molecule has 0 amide bonds. The van der Waals surface area contributed by atoms with Crippen LogP contribution >= 0.6 is 0 Å². The van der Waals surface area contributed by atoms with Gasteiger partial charge in [0.05, 0.1) is 10.6 Å². The van der Waals surface area contributed by atoms with E-state index in [0.29, 0.717) is 16.5 Å². The van der Waals surface area contributed by atoms with E-state index in [4.69, 9.17) is 0 Å². The molecule has 0 atom stereocenters. The van der Waals surface area contributed by atoms with Gasteiger partial charge in [-0.3, -0.25) is 9.89 Å². The van der Waals surface area contributed by atoms with Gasteiger partial charge in [0.15, 0.2) is 0 Å². The van der Waals surface area contributed by atoms with E-state index < -0.39 is 0 Å². The lowest BCUT2D eigenvalue weighted by Gasteiger charge is -2.20. The number of hydrogen-bond acceptors (Lipinski definition) is 4. The summed E-state index contributed by atoms with van der Waals surface area (Å²) < 4.78 is 1.30. The number of aromatic nitrogens is 4. The molecule has 128 valence electrons. The minimum Gasteiger partial charge on any atom is -0.372 e. The predicted molar refractivity (Wildman–Crippen MR) is 100 cm³/mol. The van der Waals surface area contributed by atoms with E-state index in [2.05, 4.69) is 52.5 Å². The van der Waals surface area contributed by atoms with Gasteiger partial charge in [0, 0.05) is 31.2 Å². The quantitative estimate of drug-likeness (QED) is 0.757. The zero-order valence-corrected chi connectivity index (χ0v) is 14.4. The molecule has 0 fully saturated rings. The second-order valence-electron chi connectivity index (χ2n) is 5.60. The molecule has 0 unspecified atom stereocenters. The molecule has 2 aromatic heterocycles. The average molecular weight is 335 g/mol. The first-order valence-corrected chi connectivity index (χ1v) is 8.28. The maximum atomic E-state index is 12.6. The second-order valence-corrected chi connectivity index (χ2v) is 5.60. The molecule has 1 aromatic carbocycles. The summed E-state index contributed by atoms with van der Waals surface area (Å²) in [5.41, 5.74) is 1.89. The van der Waals surface area contributed by atoms with Crippen LogP contribution in [0.2, 0.25) is 0 Å². The largest absolute Gasteiger partial charge is 0.372 e. The van der Waals surface area contributed by atoms with Crippen molar-refractivity contribution in [2.45, 2.75) is 13.8 Å². The van der Waals surface area contributed by atoms with Crippen molar-refractivity contribution >= 4 is 18.3 Å². The van der Waals surface area contributed by atoms with Crippen molar-refractivity contribution < 1.29 is 0 Å². The van der Waals surface area contributed by atoms with Gasteiger partial charge in [-0.1, -0.05) is 18.7 Å². The number of H-pyrrole nitrogens is 1. The fraction of sp³-hybridized carbons (Fsp3) is 0.211. The van der Waals surface area contributed by atoms with Crippen molar-refractivity contribution in [3.05, 3.63) is 69.2 Å². The standard InChI is InChI=1S/C19H21N5O/c1-4-23(5-2)16-9-7-15(8-10-16)13-17-14(3)22-24(18(17)25)19-20-11-6-12-21-19/h6-13,22H,3-5H2,1-2H3. The van der Waals surface area contributed by atoms with Crippen LogP contribution in [0, 0.1) is 0 Å². The van der Waals surface area contributed by atoms with E-state index in [9.17, 15) is 4.79 Å². The highest BCUT2D eigenvalue weighted by atomic mass is 16.1. The number of rotatable bonds is 5. The van der Waals surface area contributed by atoms with Gasteiger partial charge in [0.1, 0.15) is 0 Å². The van der Waals surface area contributed by atoms with Crippen molar-refractivity contribution in [1.82, 2.24) is 19.7 Å². The van der Waals surface area contributed by atoms with Crippen molar-refractivity contribution in [3.8, 4) is 5.95 Å². The molecule has 0 aliphatic carbocycles. The Balaban J connectivity index is 2.01. The van der Waals surface area contributed by atoms with Crippen LogP contribution in [0.5, 0.6) is 0 Å². The maximum Gasteiger partial charge on any atom is 0.281 e. The zero-order valence-electron chi connectivity index (χ0n) is 14.4. The number of nitrogens with one attached hydrogen (secondary N) is 1. The van der Waals surface area contributed by atoms with Crippen LogP contribution in [-0.4, -0.2) is 32.8 Å². The Kier molecular flexibility index (Phi) is 4.79. The Morgan fingerprint density at radius 1 is 1.16 bits per heavy atom. The molecule has 2 heterocycles. The van der Waals surface area contributed by atoms with Gasteiger partial charge in [-0.25, -0.2) is 9.97 Å². The van der Waals surface area contributed by atoms with Crippen LogP contribution in [0.25, 0.3) is 18.6 Å². The summed E-state index contributed by atoms with van der Waals surface area (Å²) in [7, 11) is 0. The molecule has 0 aliphatic heterocycles. The summed E-state index contributed by atoms with van der Waals surface area (Å²) in [4.78, 5) is 23.1. The highest BCUT2D eigenvalue weighted by molar-refractivity contribution is 5.56. The van der Waals surface area contributed by atoms with Gasteiger partial charge < -0.3 is 4.90 Å². The van der Waals surface area contributed by atoms with E-state index >= 15 is 0 Å². The molecule has 6 heteroatoms. The summed E-state index contributed by atoms with van der Waals surface area (Å²) in [6.45, 7) is 10.1. The Labute approximate surface area is 145 Å². The van der Waals surface area contributed by atoms with Crippen LogP contribution in [0.1, 0.15) is 19.4 Å². The van der Waals surface area contributed by atoms with Crippen molar-refractivity contribution in [2.24, 2.45) is 0 Å². The lowest BCUT2D eigenvalue weighted by molar-refractivity contribution is 0.775. The number of hydrogen-bond donors (Lipinski definition) is 1. The third-order valence-electron chi connectivity index (χ3n) is 4.09. The Morgan fingerprint density at radius 3 is 2.40 bits per heavy atom. The Hall–Kier alpha value is -3.15. The molecular formula is C19H21N5O. The molecule has 0 saturated carbocycles. The summed E-state index contributed by atoms with van der Waals surface area (Å²) >= 11 is 0. The average Bonchev–Trinajstić information content (AvgIpc) is 2.93. The molecule has 3 aromatic rings. The SMILES string of the molecule is C=c1[nH]n(-c2ncccn2)c(=O)c1=Cc1ccc(N(CC)CC)cc1. The van der Waals surface area contributed by atoms with Gasteiger partial charge in [0.25, 0.3) is 11.5 Å². The number of aromatic amines is 1. The summed E-state index contributed by atoms with van der Waals surface area (Å²) in [6, 6.07) is 9.83. The fourth-order valence-electron chi connectivity index (χ4n) is 2.73. The van der Waals surface area contributed by atoms with E-state index in [1.54, 1.807) is 18.5 Å². The normalized spacial score (nSPS) is 11.7. The summed E-state index contributed by atoms with van der Waals surface area (Å²) in [5, 5.41) is 3.96. The summed E-state index contributed by atoms with van der Waals surface area (Å²) in [6.07, 6.45) is 5.01. The number of benzene rings is 1. The fourth-order valence-corrected chi connectivity index (χ4v) is 2.73. The first kappa shape index (κ1) is 16.7. The lowest BCUT2D eigenvalue weighted by atomic mass is 10.1. The minimum atomic E-state index is -0.219. The molecule has 1 N–H and O–H groups in total. The molecule has 25 heavy (non-hydrogen) atoms. The topological polar surface area (TPSA) is 66.8 Å². The van der Waals surface area contributed by atoms with Gasteiger partial charge >= 0.3 is 0 Å². The Bertz CT molecular complexity index is 999. The maximum absolute atomic E-state index is 12.6. The van der Waals surface area contributed by atoms with Crippen LogP contribution in [0.3, 0.4) is 0 Å². The van der Waals surface area contributed by atoms with Crippen LogP contribution in [-0.2, 0) is 0 Å². The van der Waals surface area contributed by atoms with Crippen molar-refractivity contribution in [1.29, 1.82) is 0 Å². The number of anilines is 1. The number of nitrogens with zero attached hydrogens (tertiary/aromatic N) is 4. The molecule has 0 saturated heterocycles. The lowest BCUT2D eigenvalue weighted by Crippen LogP contribution is -2.34. The minimum absolute atomic E-state index is 0.219. The highest BCUT2D eigenvalue weighted by Crippen LogP contribution is 2.14. The first-order chi connectivity index (χ1) is 12.1. The molecule has 0 radical (unpaired) electrons. The smallest absolute Gasteiger partial charge is 0.281 e. The van der Waals surface area contributed by atoms with E-state index in [0.717, 1.165) is 18.7 Å². The van der Waals surface area contributed by atoms with Crippen LogP contribution in [0.15, 0.2) is 47.5 Å². The predicted octanol–water partition coefficient (Wildman–Crippen LogP) is 1.04. The van der Waals surface area contributed by atoms with E-state index in [1.807, 2.05) is 18.2 Å².